The summed E-state index contributed by atoms with van der Waals surface area (Å²) in [7, 11) is 0. The second-order valence-corrected chi connectivity index (χ2v) is 2.64. The molecule has 0 saturated carbocycles. The molecular formula is C14H18O4. The Hall–Kier alpha value is -2.36. The molecule has 0 atom stereocenters. The minimum atomic E-state index is -0.611. The molecule has 0 aromatic carbocycles. The third kappa shape index (κ3) is 16.1. The van der Waals surface area contributed by atoms with Gasteiger partial charge in [0.2, 0.25) is 0 Å². The molecule has 0 amide bonds. The van der Waals surface area contributed by atoms with E-state index in [9.17, 15) is 9.59 Å². The molecule has 0 aromatic rings. The lowest BCUT2D eigenvalue weighted by atomic mass is 10.5. The molecule has 0 heterocycles. The second kappa shape index (κ2) is 14.6. The van der Waals surface area contributed by atoms with Crippen molar-refractivity contribution in [2.45, 2.75) is 0 Å². The number of ether oxygens (including phenoxy) is 2. The van der Waals surface area contributed by atoms with E-state index in [1.807, 2.05) is 0 Å². The maximum atomic E-state index is 10.8. The summed E-state index contributed by atoms with van der Waals surface area (Å²) in [5.41, 5.74) is 0. The molecule has 0 saturated heterocycles. The summed E-state index contributed by atoms with van der Waals surface area (Å²) < 4.78 is 9.15. The van der Waals surface area contributed by atoms with Gasteiger partial charge in [-0.15, -0.1) is 0 Å². The van der Waals surface area contributed by atoms with Crippen molar-refractivity contribution in [2.75, 3.05) is 13.2 Å². The Labute approximate surface area is 108 Å². The fraction of sp³-hybridized carbons (Fsp3) is 0.143. The number of allylic oxidation sites excluding steroid dienone is 2. The standard InChI is InChI=1S/C10H12O4.C4H6/c1-3-7-13-9(11)5-6-10(12)14-8-4-2;1-3-4-2/h3-6H,1-2,7-8H2;3-4H,1-2H2/b6-5-;. The third-order valence-corrected chi connectivity index (χ3v) is 1.21. The SMILES string of the molecule is C=CC=C.C=CCOC(=O)/C=C\C(=O)OCC=C. The van der Waals surface area contributed by atoms with Gasteiger partial charge in [0.05, 0.1) is 0 Å². The van der Waals surface area contributed by atoms with Gasteiger partial charge in [0.1, 0.15) is 13.2 Å². The van der Waals surface area contributed by atoms with E-state index in [2.05, 4.69) is 35.8 Å². The molecule has 0 radical (unpaired) electrons. The van der Waals surface area contributed by atoms with Crippen LogP contribution in [0.4, 0.5) is 0 Å². The van der Waals surface area contributed by atoms with Crippen LogP contribution in [0.2, 0.25) is 0 Å². The number of carbonyl (C=O) groups is 2. The monoisotopic (exact) mass is 250 g/mol. The first-order valence-electron chi connectivity index (χ1n) is 5.09. The van der Waals surface area contributed by atoms with Crippen LogP contribution >= 0.6 is 0 Å². The first-order chi connectivity index (χ1) is 8.62. The van der Waals surface area contributed by atoms with Gasteiger partial charge in [-0.3, -0.25) is 0 Å². The van der Waals surface area contributed by atoms with Crippen LogP contribution in [0, 0.1) is 0 Å². The second-order valence-electron chi connectivity index (χ2n) is 2.64. The minimum Gasteiger partial charge on any atom is -0.458 e. The molecule has 18 heavy (non-hydrogen) atoms. The van der Waals surface area contributed by atoms with Gasteiger partial charge in [-0.1, -0.05) is 50.6 Å². The predicted molar refractivity (Wildman–Crippen MR) is 71.8 cm³/mol. The van der Waals surface area contributed by atoms with Crippen molar-refractivity contribution in [1.29, 1.82) is 0 Å². The third-order valence-electron chi connectivity index (χ3n) is 1.21. The Morgan fingerprint density at radius 1 is 0.778 bits per heavy atom. The van der Waals surface area contributed by atoms with Gasteiger partial charge in [0.15, 0.2) is 0 Å². The van der Waals surface area contributed by atoms with Crippen LogP contribution in [-0.4, -0.2) is 25.2 Å². The van der Waals surface area contributed by atoms with Gasteiger partial charge in [0, 0.05) is 12.2 Å². The summed E-state index contributed by atoms with van der Waals surface area (Å²) in [6, 6.07) is 0. The highest BCUT2D eigenvalue weighted by Crippen LogP contribution is 1.85. The van der Waals surface area contributed by atoms with E-state index >= 15 is 0 Å². The average Bonchev–Trinajstić information content (AvgIpc) is 2.40. The van der Waals surface area contributed by atoms with Crippen LogP contribution in [-0.2, 0) is 19.1 Å². The van der Waals surface area contributed by atoms with Gasteiger partial charge >= 0.3 is 11.9 Å². The molecule has 0 aromatic heterocycles. The summed E-state index contributed by atoms with van der Waals surface area (Å²) in [5, 5.41) is 0. The number of rotatable bonds is 7. The number of esters is 2. The topological polar surface area (TPSA) is 52.6 Å². The van der Waals surface area contributed by atoms with Crippen LogP contribution in [0.5, 0.6) is 0 Å². The molecular weight excluding hydrogens is 232 g/mol. The van der Waals surface area contributed by atoms with Crippen molar-refractivity contribution in [3.8, 4) is 0 Å². The van der Waals surface area contributed by atoms with Crippen LogP contribution in [0.3, 0.4) is 0 Å². The molecule has 4 nitrogen and oxygen atoms in total. The predicted octanol–water partition coefficient (Wildman–Crippen LogP) is 2.36. The van der Waals surface area contributed by atoms with Crippen molar-refractivity contribution in [3.05, 3.63) is 62.8 Å². The van der Waals surface area contributed by atoms with Crippen molar-refractivity contribution in [3.63, 3.8) is 0 Å². The van der Waals surface area contributed by atoms with Crippen LogP contribution in [0.1, 0.15) is 0 Å². The fourth-order valence-corrected chi connectivity index (χ4v) is 0.514. The Kier molecular flexibility index (Phi) is 14.7. The molecule has 4 heteroatoms. The Morgan fingerprint density at radius 2 is 1.11 bits per heavy atom. The maximum Gasteiger partial charge on any atom is 0.331 e. The van der Waals surface area contributed by atoms with Crippen LogP contribution < -0.4 is 0 Å². The van der Waals surface area contributed by atoms with Gasteiger partial charge < -0.3 is 9.47 Å². The first kappa shape index (κ1) is 18.0. The molecule has 0 aliphatic carbocycles. The van der Waals surface area contributed by atoms with E-state index in [4.69, 9.17) is 0 Å². The van der Waals surface area contributed by atoms with Gasteiger partial charge in [-0.25, -0.2) is 9.59 Å². The highest BCUT2D eigenvalue weighted by molar-refractivity contribution is 5.91. The maximum absolute atomic E-state index is 10.8. The van der Waals surface area contributed by atoms with Crippen molar-refractivity contribution in [1.82, 2.24) is 0 Å². The van der Waals surface area contributed by atoms with Crippen molar-refractivity contribution >= 4 is 11.9 Å². The van der Waals surface area contributed by atoms with E-state index in [-0.39, 0.29) is 13.2 Å². The van der Waals surface area contributed by atoms with Crippen molar-refractivity contribution in [2.24, 2.45) is 0 Å². The molecule has 0 rings (SSSR count). The Bertz CT molecular complexity index is 295. The molecule has 0 bridgehead atoms. The number of hydrogen-bond acceptors (Lipinski definition) is 4. The normalized spacial score (nSPS) is 8.44. The Morgan fingerprint density at radius 3 is 1.33 bits per heavy atom. The lowest BCUT2D eigenvalue weighted by molar-refractivity contribution is -0.139. The fourth-order valence-electron chi connectivity index (χ4n) is 0.514. The zero-order valence-corrected chi connectivity index (χ0v) is 10.3. The summed E-state index contributed by atoms with van der Waals surface area (Å²) >= 11 is 0. The quantitative estimate of drug-likeness (QED) is 0.301. The zero-order chi connectivity index (χ0) is 14.2. The summed E-state index contributed by atoms with van der Waals surface area (Å²) in [5.74, 6) is -1.22. The molecule has 0 aliphatic rings. The number of hydrogen-bond donors (Lipinski definition) is 0. The van der Waals surface area contributed by atoms with E-state index in [1.165, 1.54) is 12.2 Å². The average molecular weight is 250 g/mol. The summed E-state index contributed by atoms with van der Waals surface area (Å²) in [4.78, 5) is 21.6. The van der Waals surface area contributed by atoms with Crippen LogP contribution in [0.25, 0.3) is 0 Å². The van der Waals surface area contributed by atoms with E-state index in [0.717, 1.165) is 12.2 Å². The van der Waals surface area contributed by atoms with E-state index < -0.39 is 11.9 Å². The molecule has 0 unspecified atom stereocenters. The Balaban J connectivity index is 0. The summed E-state index contributed by atoms with van der Waals surface area (Å²) in [6.45, 7) is 13.7. The molecule has 0 aliphatic heterocycles. The smallest absolute Gasteiger partial charge is 0.331 e. The lowest BCUT2D eigenvalue weighted by Gasteiger charge is -1.96. The largest absolute Gasteiger partial charge is 0.458 e. The van der Waals surface area contributed by atoms with Gasteiger partial charge in [-0.2, -0.15) is 0 Å². The minimum absolute atomic E-state index is 0.116. The lowest BCUT2D eigenvalue weighted by Crippen LogP contribution is -2.04. The van der Waals surface area contributed by atoms with E-state index in [1.54, 1.807) is 12.2 Å². The molecule has 98 valence electrons. The summed E-state index contributed by atoms with van der Waals surface area (Å²) in [6.07, 6.45) is 8.13. The highest BCUT2D eigenvalue weighted by atomic mass is 16.5. The van der Waals surface area contributed by atoms with Gasteiger partial charge in [0.25, 0.3) is 0 Å². The van der Waals surface area contributed by atoms with Crippen molar-refractivity contribution < 1.29 is 19.1 Å². The molecule has 0 spiro atoms. The zero-order valence-electron chi connectivity index (χ0n) is 10.3. The molecule has 0 N–H and O–H groups in total. The number of carbonyl (C=O) groups excluding carboxylic acids is 2. The molecule has 0 fully saturated rings. The first-order valence-corrected chi connectivity index (χ1v) is 5.09. The van der Waals surface area contributed by atoms with E-state index in [0.29, 0.717) is 0 Å². The van der Waals surface area contributed by atoms with Crippen LogP contribution in [0.15, 0.2) is 62.8 Å². The van der Waals surface area contributed by atoms with Gasteiger partial charge in [-0.05, 0) is 0 Å². The highest BCUT2D eigenvalue weighted by Gasteiger charge is 1.98.